The molecule has 176 valence electrons. The van der Waals surface area contributed by atoms with Crippen LogP contribution in [0, 0.1) is 19.8 Å². The summed E-state index contributed by atoms with van der Waals surface area (Å²) in [6, 6.07) is 8.18. The molecule has 1 amide bonds. The van der Waals surface area contributed by atoms with E-state index < -0.39 is 0 Å². The number of piperidine rings is 2. The van der Waals surface area contributed by atoms with E-state index in [4.69, 9.17) is 4.98 Å². The van der Waals surface area contributed by atoms with Crippen LogP contribution in [0.3, 0.4) is 0 Å². The second-order valence-corrected chi connectivity index (χ2v) is 10.9. The van der Waals surface area contributed by atoms with E-state index in [9.17, 15) is 4.79 Å². The molecule has 6 rings (SSSR count). The molecule has 0 unspecified atom stereocenters. The number of likely N-dealkylation sites (tertiary alicyclic amines) is 1. The summed E-state index contributed by atoms with van der Waals surface area (Å²) in [6.45, 7) is 7.68. The van der Waals surface area contributed by atoms with Crippen LogP contribution in [0.15, 0.2) is 30.6 Å². The highest BCUT2D eigenvalue weighted by Crippen LogP contribution is 2.36. The minimum atomic E-state index is 0.113. The average molecular weight is 475 g/mol. The third-order valence-electron chi connectivity index (χ3n) is 7.69. The van der Waals surface area contributed by atoms with Gasteiger partial charge in [-0.15, -0.1) is 11.3 Å². The predicted octanol–water partition coefficient (Wildman–Crippen LogP) is 4.81. The number of H-pyrrole nitrogens is 1. The van der Waals surface area contributed by atoms with Gasteiger partial charge in [-0.05, 0) is 57.2 Å². The highest BCUT2D eigenvalue weighted by atomic mass is 32.1. The van der Waals surface area contributed by atoms with Crippen LogP contribution in [-0.2, 0) is 4.79 Å². The van der Waals surface area contributed by atoms with Gasteiger partial charge in [0.15, 0.2) is 0 Å². The number of benzene rings is 1. The van der Waals surface area contributed by atoms with Gasteiger partial charge in [-0.1, -0.05) is 12.1 Å². The molecule has 7 nitrogen and oxygen atoms in total. The molecule has 4 aromatic rings. The van der Waals surface area contributed by atoms with Gasteiger partial charge in [-0.2, -0.15) is 0 Å². The van der Waals surface area contributed by atoms with E-state index in [0.29, 0.717) is 11.8 Å². The van der Waals surface area contributed by atoms with Crippen molar-refractivity contribution in [2.24, 2.45) is 5.92 Å². The maximum Gasteiger partial charge on any atom is 0.225 e. The number of fused-ring (bicyclic) bond motifs is 2. The predicted molar refractivity (Wildman–Crippen MR) is 136 cm³/mol. The van der Waals surface area contributed by atoms with E-state index in [1.165, 1.54) is 15.8 Å². The Morgan fingerprint density at radius 2 is 1.79 bits per heavy atom. The summed E-state index contributed by atoms with van der Waals surface area (Å²) in [4.78, 5) is 37.5. The Morgan fingerprint density at radius 3 is 2.56 bits per heavy atom. The van der Waals surface area contributed by atoms with Gasteiger partial charge in [0.1, 0.15) is 22.8 Å². The van der Waals surface area contributed by atoms with Crippen molar-refractivity contribution in [3.8, 4) is 0 Å². The molecule has 2 fully saturated rings. The van der Waals surface area contributed by atoms with E-state index in [1.54, 1.807) is 17.7 Å². The molecular formula is C26H30N6OS. The number of imidazole rings is 1. The fraction of sp³-hybridized carbons (Fsp3) is 0.462. The molecule has 0 saturated carbocycles. The van der Waals surface area contributed by atoms with Crippen LogP contribution in [0.4, 0.5) is 5.82 Å². The monoisotopic (exact) mass is 474 g/mol. The lowest BCUT2D eigenvalue weighted by Gasteiger charge is -2.37. The first kappa shape index (κ1) is 21.5. The van der Waals surface area contributed by atoms with Crippen LogP contribution in [0.5, 0.6) is 0 Å². The summed E-state index contributed by atoms with van der Waals surface area (Å²) in [5, 5.41) is 1.18. The highest BCUT2D eigenvalue weighted by Gasteiger charge is 2.32. The SMILES string of the molecule is Cc1sc2ncnc(N3CCC(C(=O)N4CCC(c5nc6ccccc6[nH]5)CC4)CC3)c2c1C. The smallest absolute Gasteiger partial charge is 0.225 e. The fourth-order valence-corrected chi connectivity index (χ4v) is 6.53. The molecule has 3 aromatic heterocycles. The lowest BCUT2D eigenvalue weighted by molar-refractivity contribution is -0.137. The number of para-hydroxylation sites is 2. The van der Waals surface area contributed by atoms with Gasteiger partial charge in [0, 0.05) is 42.9 Å². The van der Waals surface area contributed by atoms with Crippen molar-refractivity contribution in [3.05, 3.63) is 46.9 Å². The molecule has 0 aliphatic carbocycles. The summed E-state index contributed by atoms with van der Waals surface area (Å²) < 4.78 is 0. The van der Waals surface area contributed by atoms with Crippen LogP contribution in [0.1, 0.15) is 47.9 Å². The Morgan fingerprint density at radius 1 is 1.03 bits per heavy atom. The second kappa shape index (κ2) is 8.65. The van der Waals surface area contributed by atoms with Crippen molar-refractivity contribution in [1.82, 2.24) is 24.8 Å². The number of aryl methyl sites for hydroxylation is 2. The molecule has 0 bridgehead atoms. The third-order valence-corrected chi connectivity index (χ3v) is 8.81. The molecular weight excluding hydrogens is 444 g/mol. The third kappa shape index (κ3) is 3.74. The summed E-state index contributed by atoms with van der Waals surface area (Å²) in [5.41, 5.74) is 3.40. The van der Waals surface area contributed by atoms with E-state index in [-0.39, 0.29) is 5.92 Å². The number of anilines is 1. The Hall–Kier alpha value is -3.00. The number of nitrogens with one attached hydrogen (secondary N) is 1. The van der Waals surface area contributed by atoms with Gasteiger partial charge in [-0.25, -0.2) is 15.0 Å². The number of nitrogens with zero attached hydrogens (tertiary/aromatic N) is 5. The summed E-state index contributed by atoms with van der Waals surface area (Å²) in [7, 11) is 0. The van der Waals surface area contributed by atoms with Gasteiger partial charge >= 0.3 is 0 Å². The van der Waals surface area contributed by atoms with Crippen molar-refractivity contribution in [2.75, 3.05) is 31.1 Å². The number of amides is 1. The summed E-state index contributed by atoms with van der Waals surface area (Å²) in [6.07, 6.45) is 5.39. The first-order valence-corrected chi connectivity index (χ1v) is 13.1. The quantitative estimate of drug-likeness (QED) is 0.461. The van der Waals surface area contributed by atoms with Crippen molar-refractivity contribution in [1.29, 1.82) is 0 Å². The average Bonchev–Trinajstić information content (AvgIpc) is 3.44. The Kier molecular flexibility index (Phi) is 5.48. The Bertz CT molecular complexity index is 1310. The number of aromatic nitrogens is 4. The van der Waals surface area contributed by atoms with Crippen molar-refractivity contribution < 1.29 is 4.79 Å². The zero-order valence-corrected chi connectivity index (χ0v) is 20.6. The van der Waals surface area contributed by atoms with Crippen LogP contribution in [0.2, 0.25) is 0 Å². The van der Waals surface area contributed by atoms with Gasteiger partial charge in [-0.3, -0.25) is 4.79 Å². The summed E-state index contributed by atoms with van der Waals surface area (Å²) in [5.74, 6) is 2.94. The fourth-order valence-electron chi connectivity index (χ4n) is 5.54. The lowest BCUT2D eigenvalue weighted by Crippen LogP contribution is -2.45. The van der Waals surface area contributed by atoms with E-state index in [1.807, 2.05) is 18.2 Å². The molecule has 1 N–H and O–H groups in total. The molecule has 2 aliphatic rings. The van der Waals surface area contributed by atoms with Crippen LogP contribution in [0.25, 0.3) is 21.3 Å². The van der Waals surface area contributed by atoms with Crippen molar-refractivity contribution in [2.45, 2.75) is 45.4 Å². The number of hydrogen-bond donors (Lipinski definition) is 1. The van der Waals surface area contributed by atoms with Crippen molar-refractivity contribution in [3.63, 3.8) is 0 Å². The topological polar surface area (TPSA) is 78.0 Å². The van der Waals surface area contributed by atoms with E-state index >= 15 is 0 Å². The zero-order chi connectivity index (χ0) is 23.2. The maximum absolute atomic E-state index is 13.3. The minimum Gasteiger partial charge on any atom is -0.356 e. The van der Waals surface area contributed by atoms with Crippen LogP contribution in [-0.4, -0.2) is 56.9 Å². The molecule has 1 aromatic carbocycles. The minimum absolute atomic E-state index is 0.113. The normalized spacial score (nSPS) is 18.3. The highest BCUT2D eigenvalue weighted by molar-refractivity contribution is 7.18. The first-order valence-electron chi connectivity index (χ1n) is 12.3. The van der Waals surface area contributed by atoms with Crippen LogP contribution < -0.4 is 4.90 Å². The number of aromatic amines is 1. The number of rotatable bonds is 3. The summed E-state index contributed by atoms with van der Waals surface area (Å²) >= 11 is 1.74. The standard InChI is InChI=1S/C26H30N6OS/c1-16-17(2)34-25-22(16)24(27-15-28-25)31-11-9-19(10-12-31)26(33)32-13-7-18(8-14-32)23-29-20-5-3-4-6-21(20)30-23/h3-6,15,18-19H,7-14H2,1-2H3,(H,29,30). The molecule has 2 aliphatic heterocycles. The lowest BCUT2D eigenvalue weighted by atomic mass is 9.91. The number of carbonyl (C=O) groups excluding carboxylic acids is 1. The van der Waals surface area contributed by atoms with Crippen molar-refractivity contribution >= 4 is 44.3 Å². The molecule has 8 heteroatoms. The largest absolute Gasteiger partial charge is 0.356 e. The Balaban J connectivity index is 1.07. The Labute approximate surface area is 203 Å². The molecule has 0 spiro atoms. The molecule has 2 saturated heterocycles. The van der Waals surface area contributed by atoms with Gasteiger partial charge in [0.05, 0.1) is 16.4 Å². The molecule has 34 heavy (non-hydrogen) atoms. The number of hydrogen-bond acceptors (Lipinski definition) is 6. The zero-order valence-electron chi connectivity index (χ0n) is 19.8. The molecule has 0 atom stereocenters. The van der Waals surface area contributed by atoms with Gasteiger partial charge < -0.3 is 14.8 Å². The van der Waals surface area contributed by atoms with Gasteiger partial charge in [0.2, 0.25) is 5.91 Å². The second-order valence-electron chi connectivity index (χ2n) is 9.66. The van der Waals surface area contributed by atoms with E-state index in [0.717, 1.165) is 79.4 Å². The van der Waals surface area contributed by atoms with E-state index in [2.05, 4.69) is 44.7 Å². The number of thiophene rings is 1. The van der Waals surface area contributed by atoms with Gasteiger partial charge in [0.25, 0.3) is 0 Å². The maximum atomic E-state index is 13.3. The number of carbonyl (C=O) groups is 1. The van der Waals surface area contributed by atoms with Crippen LogP contribution >= 0.6 is 11.3 Å². The molecule has 0 radical (unpaired) electrons. The molecule has 5 heterocycles. The first-order chi connectivity index (χ1) is 16.6.